The number of fused-ring (bicyclic) bond motifs is 1. The Balaban J connectivity index is 1.26. The van der Waals surface area contributed by atoms with Crippen molar-refractivity contribution in [3.8, 4) is 5.95 Å². The molecule has 0 amide bonds. The Kier molecular flexibility index (Phi) is 5.87. The van der Waals surface area contributed by atoms with Gasteiger partial charge in [-0.25, -0.2) is 9.37 Å². The standard InChI is InChI=1S/C25H27FN8O/c26-18-5-7-19(8-6-18)28-20-9-11-32(12-10-20)23-29-24(33-13-15-35-16-14-33)31-25(30-23)34-17-27-21-3-1-2-4-22(21)34/h1-8,17,20,28H,9-16H2. The Labute approximate surface area is 202 Å². The maximum absolute atomic E-state index is 13.2. The lowest BCUT2D eigenvalue weighted by molar-refractivity contribution is 0.122. The Morgan fingerprint density at radius 1 is 0.800 bits per heavy atom. The molecule has 4 heterocycles. The highest BCUT2D eigenvalue weighted by molar-refractivity contribution is 5.76. The summed E-state index contributed by atoms with van der Waals surface area (Å²) < 4.78 is 20.7. The summed E-state index contributed by atoms with van der Waals surface area (Å²) in [6, 6.07) is 14.8. The molecule has 0 aliphatic carbocycles. The number of benzene rings is 2. The van der Waals surface area contributed by atoms with E-state index in [9.17, 15) is 4.39 Å². The summed E-state index contributed by atoms with van der Waals surface area (Å²) in [5.41, 5.74) is 2.80. The number of para-hydroxylation sites is 2. The lowest BCUT2D eigenvalue weighted by atomic mass is 10.0. The second kappa shape index (κ2) is 9.46. The second-order valence-corrected chi connectivity index (χ2v) is 8.85. The number of ether oxygens (including phenoxy) is 1. The van der Waals surface area contributed by atoms with Gasteiger partial charge in [-0.15, -0.1) is 0 Å². The maximum atomic E-state index is 13.2. The summed E-state index contributed by atoms with van der Waals surface area (Å²) in [5, 5.41) is 3.52. The van der Waals surface area contributed by atoms with Crippen LogP contribution in [0.3, 0.4) is 0 Å². The molecule has 2 aromatic carbocycles. The monoisotopic (exact) mass is 474 g/mol. The Bertz CT molecular complexity index is 1300. The van der Waals surface area contributed by atoms with E-state index >= 15 is 0 Å². The predicted molar refractivity (Wildman–Crippen MR) is 133 cm³/mol. The average molecular weight is 475 g/mol. The van der Waals surface area contributed by atoms with Gasteiger partial charge in [0.05, 0.1) is 24.2 Å². The molecule has 0 bridgehead atoms. The molecule has 2 aliphatic rings. The first-order valence-electron chi connectivity index (χ1n) is 12.0. The summed E-state index contributed by atoms with van der Waals surface area (Å²) in [6.07, 6.45) is 3.63. The van der Waals surface area contributed by atoms with E-state index in [-0.39, 0.29) is 5.82 Å². The fourth-order valence-electron chi connectivity index (χ4n) is 4.62. The van der Waals surface area contributed by atoms with Crippen LogP contribution >= 0.6 is 0 Å². The third kappa shape index (κ3) is 4.61. The number of aromatic nitrogens is 5. The number of hydrogen-bond donors (Lipinski definition) is 1. The van der Waals surface area contributed by atoms with Crippen LogP contribution in [0, 0.1) is 5.82 Å². The molecule has 2 aromatic heterocycles. The minimum atomic E-state index is -0.224. The fourth-order valence-corrected chi connectivity index (χ4v) is 4.62. The largest absolute Gasteiger partial charge is 0.382 e. The lowest BCUT2D eigenvalue weighted by Crippen LogP contribution is -2.41. The molecule has 0 saturated carbocycles. The van der Waals surface area contributed by atoms with Gasteiger partial charge in [-0.1, -0.05) is 12.1 Å². The molecule has 0 spiro atoms. The Morgan fingerprint density at radius 2 is 1.46 bits per heavy atom. The molecule has 2 fully saturated rings. The van der Waals surface area contributed by atoms with Gasteiger partial charge in [-0.3, -0.25) is 4.57 Å². The van der Waals surface area contributed by atoms with Crippen molar-refractivity contribution < 1.29 is 9.13 Å². The summed E-state index contributed by atoms with van der Waals surface area (Å²) in [4.78, 5) is 23.5. The van der Waals surface area contributed by atoms with Gasteiger partial charge in [0.2, 0.25) is 17.8 Å². The summed E-state index contributed by atoms with van der Waals surface area (Å²) in [7, 11) is 0. The molecule has 1 N–H and O–H groups in total. The van der Waals surface area contributed by atoms with Crippen LogP contribution in [0.15, 0.2) is 54.9 Å². The SMILES string of the molecule is Fc1ccc(NC2CCN(c3nc(N4CCOCC4)nc(-n4cnc5ccccc54)n3)CC2)cc1. The van der Waals surface area contributed by atoms with Crippen LogP contribution in [0.1, 0.15) is 12.8 Å². The van der Waals surface area contributed by atoms with Gasteiger partial charge in [-0.2, -0.15) is 15.0 Å². The lowest BCUT2D eigenvalue weighted by Gasteiger charge is -2.34. The van der Waals surface area contributed by atoms with Crippen LogP contribution in [0.25, 0.3) is 17.0 Å². The molecular weight excluding hydrogens is 447 g/mol. The van der Waals surface area contributed by atoms with E-state index in [1.54, 1.807) is 18.5 Å². The van der Waals surface area contributed by atoms with E-state index in [1.165, 1.54) is 12.1 Å². The van der Waals surface area contributed by atoms with E-state index in [2.05, 4.69) is 20.1 Å². The maximum Gasteiger partial charge on any atom is 0.242 e. The first kappa shape index (κ1) is 21.7. The highest BCUT2D eigenvalue weighted by Gasteiger charge is 2.24. The van der Waals surface area contributed by atoms with Crippen molar-refractivity contribution in [3.05, 3.63) is 60.7 Å². The van der Waals surface area contributed by atoms with Gasteiger partial charge < -0.3 is 19.9 Å². The summed E-state index contributed by atoms with van der Waals surface area (Å²) in [6.45, 7) is 4.44. The van der Waals surface area contributed by atoms with E-state index in [4.69, 9.17) is 19.7 Å². The number of morpholine rings is 1. The number of nitrogens with one attached hydrogen (secondary N) is 1. The van der Waals surface area contributed by atoms with Gasteiger partial charge in [0, 0.05) is 37.9 Å². The zero-order valence-corrected chi connectivity index (χ0v) is 19.3. The molecule has 4 aromatic rings. The van der Waals surface area contributed by atoms with Crippen molar-refractivity contribution >= 4 is 28.6 Å². The van der Waals surface area contributed by atoms with E-state index < -0.39 is 0 Å². The van der Waals surface area contributed by atoms with Crippen LogP contribution in [0.5, 0.6) is 0 Å². The highest BCUT2D eigenvalue weighted by Crippen LogP contribution is 2.24. The molecule has 0 unspecified atom stereocenters. The second-order valence-electron chi connectivity index (χ2n) is 8.85. The van der Waals surface area contributed by atoms with Gasteiger partial charge in [0.15, 0.2) is 0 Å². The van der Waals surface area contributed by atoms with Crippen LogP contribution in [0.4, 0.5) is 22.0 Å². The fraction of sp³-hybridized carbons (Fsp3) is 0.360. The number of hydrogen-bond acceptors (Lipinski definition) is 8. The van der Waals surface area contributed by atoms with Crippen LogP contribution in [-0.4, -0.2) is 69.9 Å². The van der Waals surface area contributed by atoms with E-state index in [1.807, 2.05) is 28.8 Å². The molecule has 2 aliphatic heterocycles. The third-order valence-electron chi connectivity index (χ3n) is 6.56. The molecule has 0 atom stereocenters. The van der Waals surface area contributed by atoms with Crippen molar-refractivity contribution in [2.75, 3.05) is 54.5 Å². The topological polar surface area (TPSA) is 84.2 Å². The molecule has 180 valence electrons. The van der Waals surface area contributed by atoms with Crippen LogP contribution < -0.4 is 15.1 Å². The molecule has 0 radical (unpaired) electrons. The van der Waals surface area contributed by atoms with Crippen molar-refractivity contribution in [1.82, 2.24) is 24.5 Å². The molecular formula is C25H27FN8O. The molecule has 6 rings (SSSR count). The number of rotatable bonds is 5. The van der Waals surface area contributed by atoms with Crippen LogP contribution in [-0.2, 0) is 4.74 Å². The number of piperidine rings is 1. The third-order valence-corrected chi connectivity index (χ3v) is 6.56. The summed E-state index contributed by atoms with van der Waals surface area (Å²) in [5.74, 6) is 1.68. The minimum Gasteiger partial charge on any atom is -0.382 e. The van der Waals surface area contributed by atoms with Gasteiger partial charge in [-0.05, 0) is 49.2 Å². The van der Waals surface area contributed by atoms with Crippen molar-refractivity contribution in [3.63, 3.8) is 0 Å². The molecule has 9 nitrogen and oxygen atoms in total. The van der Waals surface area contributed by atoms with Crippen molar-refractivity contribution in [1.29, 1.82) is 0 Å². The quantitative estimate of drug-likeness (QED) is 0.472. The predicted octanol–water partition coefficient (Wildman–Crippen LogP) is 3.27. The molecule has 2 saturated heterocycles. The zero-order valence-electron chi connectivity index (χ0n) is 19.3. The number of nitrogens with zero attached hydrogens (tertiary/aromatic N) is 7. The van der Waals surface area contributed by atoms with Crippen molar-refractivity contribution in [2.24, 2.45) is 0 Å². The Hall–Kier alpha value is -3.79. The van der Waals surface area contributed by atoms with Gasteiger partial charge in [0.25, 0.3) is 0 Å². The van der Waals surface area contributed by atoms with E-state index in [0.717, 1.165) is 55.7 Å². The molecule has 10 heteroatoms. The number of anilines is 3. The number of imidazole rings is 1. The smallest absolute Gasteiger partial charge is 0.242 e. The van der Waals surface area contributed by atoms with Gasteiger partial charge >= 0.3 is 0 Å². The average Bonchev–Trinajstić information content (AvgIpc) is 3.35. The normalized spacial score (nSPS) is 17.2. The minimum absolute atomic E-state index is 0.224. The highest BCUT2D eigenvalue weighted by atomic mass is 19.1. The van der Waals surface area contributed by atoms with Crippen molar-refractivity contribution in [2.45, 2.75) is 18.9 Å². The zero-order chi connectivity index (χ0) is 23.6. The number of halogens is 1. The summed E-state index contributed by atoms with van der Waals surface area (Å²) >= 11 is 0. The van der Waals surface area contributed by atoms with Gasteiger partial charge in [0.1, 0.15) is 12.1 Å². The first-order chi connectivity index (χ1) is 17.2. The van der Waals surface area contributed by atoms with Crippen LogP contribution in [0.2, 0.25) is 0 Å². The Morgan fingerprint density at radius 3 is 2.20 bits per heavy atom. The first-order valence-corrected chi connectivity index (χ1v) is 12.0. The molecule has 35 heavy (non-hydrogen) atoms. The van der Waals surface area contributed by atoms with E-state index in [0.29, 0.717) is 37.1 Å².